The maximum Gasteiger partial charge on any atom is 0.222 e. The van der Waals surface area contributed by atoms with Gasteiger partial charge >= 0.3 is 0 Å². The molecule has 90 valence electrons. The molecule has 1 aromatic heterocycles. The number of nitrogens with two attached hydrogens (primary N) is 1. The third kappa shape index (κ3) is 2.04. The van der Waals surface area contributed by atoms with E-state index in [0.717, 1.165) is 11.1 Å². The molecule has 2 aromatic rings. The number of aryl methyl sites for hydroxylation is 1. The monoisotopic (exact) mass is 234 g/mol. The van der Waals surface area contributed by atoms with E-state index in [2.05, 4.69) is 5.16 Å². The molecule has 0 radical (unpaired) electrons. The molecule has 0 fully saturated rings. The maximum atomic E-state index is 5.52. The Morgan fingerprint density at radius 1 is 1.12 bits per heavy atom. The van der Waals surface area contributed by atoms with Crippen LogP contribution in [0.5, 0.6) is 11.5 Å². The summed E-state index contributed by atoms with van der Waals surface area (Å²) in [6.07, 6.45) is 0. The molecule has 2 rings (SSSR count). The number of anilines is 1. The van der Waals surface area contributed by atoms with Gasteiger partial charge in [0.1, 0.15) is 17.2 Å². The van der Waals surface area contributed by atoms with Crippen molar-refractivity contribution in [2.45, 2.75) is 6.92 Å². The van der Waals surface area contributed by atoms with Gasteiger partial charge in [-0.05, 0) is 24.6 Å². The summed E-state index contributed by atoms with van der Waals surface area (Å²) in [5, 5.41) is 3.87. The second-order valence-electron chi connectivity index (χ2n) is 3.66. The van der Waals surface area contributed by atoms with Gasteiger partial charge in [0.2, 0.25) is 5.88 Å². The van der Waals surface area contributed by atoms with Crippen LogP contribution < -0.4 is 15.2 Å². The lowest BCUT2D eigenvalue weighted by molar-refractivity contribution is 0.394. The van der Waals surface area contributed by atoms with Crippen LogP contribution in [0.4, 0.5) is 5.88 Å². The van der Waals surface area contributed by atoms with E-state index < -0.39 is 0 Å². The fourth-order valence-corrected chi connectivity index (χ4v) is 1.70. The Hall–Kier alpha value is -2.17. The Kier molecular flexibility index (Phi) is 2.91. The number of benzene rings is 1. The van der Waals surface area contributed by atoms with Crippen LogP contribution in [0.3, 0.4) is 0 Å². The fourth-order valence-electron chi connectivity index (χ4n) is 1.70. The minimum atomic E-state index is 0.254. The highest BCUT2D eigenvalue weighted by Gasteiger charge is 2.17. The highest BCUT2D eigenvalue weighted by Crippen LogP contribution is 2.39. The standard InChI is InChI=1S/C12H14N2O3/c1-7-4-9(15-2)12(10(5-7)16-3)8-6-11(13)17-14-8/h4-6H,13H2,1-3H3. The zero-order chi connectivity index (χ0) is 12.4. The molecule has 1 heterocycles. The number of aromatic nitrogens is 1. The molecule has 0 aliphatic heterocycles. The van der Waals surface area contributed by atoms with Gasteiger partial charge in [0.15, 0.2) is 0 Å². The van der Waals surface area contributed by atoms with Gasteiger partial charge in [-0.25, -0.2) is 0 Å². The van der Waals surface area contributed by atoms with E-state index >= 15 is 0 Å². The molecule has 1 aromatic carbocycles. The van der Waals surface area contributed by atoms with Crippen molar-refractivity contribution in [3.63, 3.8) is 0 Å². The van der Waals surface area contributed by atoms with Gasteiger partial charge in [0.25, 0.3) is 0 Å². The summed E-state index contributed by atoms with van der Waals surface area (Å²) in [7, 11) is 3.20. The van der Waals surface area contributed by atoms with E-state index in [-0.39, 0.29) is 5.88 Å². The predicted octanol–water partition coefficient (Wildman–Crippen LogP) is 2.25. The lowest BCUT2D eigenvalue weighted by atomic mass is 10.1. The Balaban J connectivity index is 2.65. The van der Waals surface area contributed by atoms with E-state index in [1.54, 1.807) is 20.3 Å². The molecule has 0 amide bonds. The molecular formula is C12H14N2O3. The summed E-state index contributed by atoms with van der Waals surface area (Å²) in [5.41, 5.74) is 7.89. The van der Waals surface area contributed by atoms with Crippen molar-refractivity contribution < 1.29 is 14.0 Å². The highest BCUT2D eigenvalue weighted by atomic mass is 16.5. The quantitative estimate of drug-likeness (QED) is 0.881. The van der Waals surface area contributed by atoms with Crippen molar-refractivity contribution in [3.8, 4) is 22.8 Å². The summed E-state index contributed by atoms with van der Waals surface area (Å²) < 4.78 is 15.5. The van der Waals surface area contributed by atoms with E-state index in [4.69, 9.17) is 19.7 Å². The molecule has 0 bridgehead atoms. The topological polar surface area (TPSA) is 70.5 Å². The van der Waals surface area contributed by atoms with Gasteiger partial charge in [-0.3, -0.25) is 0 Å². The lowest BCUT2D eigenvalue weighted by Gasteiger charge is -2.12. The zero-order valence-electron chi connectivity index (χ0n) is 9.98. The third-order valence-corrected chi connectivity index (χ3v) is 2.43. The van der Waals surface area contributed by atoms with Crippen LogP contribution in [0.1, 0.15) is 5.56 Å². The molecule has 0 saturated heterocycles. The molecule has 0 spiro atoms. The van der Waals surface area contributed by atoms with Crippen molar-refractivity contribution in [1.82, 2.24) is 5.16 Å². The second kappa shape index (κ2) is 4.37. The largest absolute Gasteiger partial charge is 0.496 e. The molecule has 5 nitrogen and oxygen atoms in total. The molecule has 0 saturated carbocycles. The molecule has 0 aliphatic rings. The number of nitrogen functional groups attached to an aromatic ring is 1. The Bertz CT molecular complexity index is 509. The van der Waals surface area contributed by atoms with Crippen molar-refractivity contribution in [2.75, 3.05) is 20.0 Å². The molecular weight excluding hydrogens is 220 g/mol. The number of nitrogens with zero attached hydrogens (tertiary/aromatic N) is 1. The minimum Gasteiger partial charge on any atom is -0.496 e. The summed E-state index contributed by atoms with van der Waals surface area (Å²) in [5.74, 6) is 1.61. The first-order valence-corrected chi connectivity index (χ1v) is 5.11. The summed E-state index contributed by atoms with van der Waals surface area (Å²) in [6.45, 7) is 1.96. The summed E-state index contributed by atoms with van der Waals surface area (Å²) in [6, 6.07) is 5.45. The predicted molar refractivity (Wildman–Crippen MR) is 64.2 cm³/mol. The average Bonchev–Trinajstić information content (AvgIpc) is 2.74. The van der Waals surface area contributed by atoms with E-state index in [1.807, 2.05) is 19.1 Å². The fraction of sp³-hybridized carbons (Fsp3) is 0.250. The zero-order valence-corrected chi connectivity index (χ0v) is 9.98. The van der Waals surface area contributed by atoms with Crippen molar-refractivity contribution in [1.29, 1.82) is 0 Å². The van der Waals surface area contributed by atoms with Crippen molar-refractivity contribution in [3.05, 3.63) is 23.8 Å². The van der Waals surface area contributed by atoms with Crippen LogP contribution in [-0.2, 0) is 0 Å². The van der Waals surface area contributed by atoms with Gasteiger partial charge in [-0.15, -0.1) is 0 Å². The number of ether oxygens (including phenoxy) is 2. The Morgan fingerprint density at radius 2 is 1.71 bits per heavy atom. The first-order valence-electron chi connectivity index (χ1n) is 5.11. The van der Waals surface area contributed by atoms with Crippen molar-refractivity contribution in [2.24, 2.45) is 0 Å². The van der Waals surface area contributed by atoms with Crippen LogP contribution in [0, 0.1) is 6.92 Å². The molecule has 2 N–H and O–H groups in total. The average molecular weight is 234 g/mol. The van der Waals surface area contributed by atoms with Crippen LogP contribution in [-0.4, -0.2) is 19.4 Å². The lowest BCUT2D eigenvalue weighted by Crippen LogP contribution is -1.94. The maximum absolute atomic E-state index is 5.52. The number of methoxy groups -OCH3 is 2. The number of hydrogen-bond acceptors (Lipinski definition) is 5. The van der Waals surface area contributed by atoms with Gasteiger partial charge in [-0.2, -0.15) is 0 Å². The SMILES string of the molecule is COc1cc(C)cc(OC)c1-c1cc(N)on1. The summed E-state index contributed by atoms with van der Waals surface area (Å²) >= 11 is 0. The van der Waals surface area contributed by atoms with E-state index in [1.165, 1.54) is 0 Å². The van der Waals surface area contributed by atoms with Gasteiger partial charge in [-0.1, -0.05) is 5.16 Å². The van der Waals surface area contributed by atoms with Gasteiger partial charge in [0.05, 0.1) is 19.8 Å². The number of hydrogen-bond donors (Lipinski definition) is 1. The molecule has 0 aliphatic carbocycles. The molecule has 17 heavy (non-hydrogen) atoms. The van der Waals surface area contributed by atoms with Crippen LogP contribution in [0.2, 0.25) is 0 Å². The van der Waals surface area contributed by atoms with E-state index in [9.17, 15) is 0 Å². The third-order valence-electron chi connectivity index (χ3n) is 2.43. The van der Waals surface area contributed by atoms with Crippen molar-refractivity contribution >= 4 is 5.88 Å². The van der Waals surface area contributed by atoms with E-state index in [0.29, 0.717) is 17.2 Å². The number of rotatable bonds is 3. The van der Waals surface area contributed by atoms with Crippen LogP contribution >= 0.6 is 0 Å². The molecule has 0 unspecified atom stereocenters. The summed E-state index contributed by atoms with van der Waals surface area (Å²) in [4.78, 5) is 0. The van der Waals surface area contributed by atoms with Gasteiger partial charge in [0, 0.05) is 6.07 Å². The molecule has 0 atom stereocenters. The normalized spacial score (nSPS) is 10.3. The van der Waals surface area contributed by atoms with Crippen LogP contribution in [0.15, 0.2) is 22.7 Å². The van der Waals surface area contributed by atoms with Gasteiger partial charge < -0.3 is 19.7 Å². The second-order valence-corrected chi connectivity index (χ2v) is 3.66. The van der Waals surface area contributed by atoms with Crippen LogP contribution in [0.25, 0.3) is 11.3 Å². The first kappa shape index (κ1) is 11.3. The minimum absolute atomic E-state index is 0.254. The Morgan fingerprint density at radius 3 is 2.12 bits per heavy atom. The smallest absolute Gasteiger partial charge is 0.222 e. The molecule has 5 heteroatoms. The first-order chi connectivity index (χ1) is 8.15. The Labute approximate surface area is 99.1 Å². The highest BCUT2D eigenvalue weighted by molar-refractivity contribution is 5.75.